The van der Waals surface area contributed by atoms with Gasteiger partial charge in [0.1, 0.15) is 22.4 Å². The van der Waals surface area contributed by atoms with E-state index in [9.17, 15) is 9.59 Å². The monoisotopic (exact) mass is 402 g/mol. The van der Waals surface area contributed by atoms with Crippen molar-refractivity contribution in [1.82, 2.24) is 19.7 Å². The highest BCUT2D eigenvalue weighted by Crippen LogP contribution is 2.37. The molecule has 3 aromatic heterocycles. The fourth-order valence-corrected chi connectivity index (χ4v) is 3.43. The minimum Gasteiger partial charge on any atom is -0.290 e. The van der Waals surface area contributed by atoms with E-state index in [0.29, 0.717) is 10.0 Å². The highest BCUT2D eigenvalue weighted by molar-refractivity contribution is 7.19. The SMILES string of the molecule is Cn1nc(C(=O)N(CN=[N+]=[N-])c2sc(-c3cccnc3)nc2Cl)ccc1=O. The summed E-state index contributed by atoms with van der Waals surface area (Å²) in [5, 5.41) is 8.31. The van der Waals surface area contributed by atoms with Gasteiger partial charge in [-0.25, -0.2) is 9.67 Å². The Morgan fingerprint density at radius 3 is 2.93 bits per heavy atom. The van der Waals surface area contributed by atoms with Gasteiger partial charge in [0.25, 0.3) is 11.5 Å². The number of pyridine rings is 1. The first-order valence-corrected chi connectivity index (χ1v) is 8.64. The maximum absolute atomic E-state index is 12.9. The molecule has 0 spiro atoms. The van der Waals surface area contributed by atoms with Gasteiger partial charge in [-0.1, -0.05) is 28.1 Å². The molecule has 0 fully saturated rings. The molecule has 0 aliphatic heterocycles. The topological polar surface area (TPSA) is 130 Å². The molecule has 0 bridgehead atoms. The summed E-state index contributed by atoms with van der Waals surface area (Å²) < 4.78 is 1.04. The van der Waals surface area contributed by atoms with Crippen LogP contribution in [0.3, 0.4) is 0 Å². The van der Waals surface area contributed by atoms with Crippen molar-refractivity contribution >= 4 is 33.8 Å². The molecule has 0 N–H and O–H groups in total. The van der Waals surface area contributed by atoms with Crippen LogP contribution in [0, 0.1) is 0 Å². The number of azide groups is 1. The third kappa shape index (κ3) is 3.95. The average molecular weight is 403 g/mol. The summed E-state index contributed by atoms with van der Waals surface area (Å²) >= 11 is 7.38. The van der Waals surface area contributed by atoms with E-state index in [1.165, 1.54) is 19.2 Å². The number of aromatic nitrogens is 4. The first kappa shape index (κ1) is 18.5. The van der Waals surface area contributed by atoms with Crippen LogP contribution in [0.5, 0.6) is 0 Å². The maximum atomic E-state index is 12.9. The van der Waals surface area contributed by atoms with E-state index in [4.69, 9.17) is 17.1 Å². The Hall–Kier alpha value is -3.27. The first-order chi connectivity index (χ1) is 13.0. The van der Waals surface area contributed by atoms with E-state index in [1.54, 1.807) is 24.5 Å². The second-order valence-corrected chi connectivity index (χ2v) is 6.48. The summed E-state index contributed by atoms with van der Waals surface area (Å²) in [7, 11) is 1.43. The molecule has 0 atom stereocenters. The van der Waals surface area contributed by atoms with Crippen LogP contribution in [-0.2, 0) is 7.05 Å². The lowest BCUT2D eigenvalue weighted by molar-refractivity contribution is 0.0981. The third-order valence-corrected chi connectivity index (χ3v) is 4.92. The zero-order chi connectivity index (χ0) is 19.4. The predicted octanol–water partition coefficient (Wildman–Crippen LogP) is 2.87. The Balaban J connectivity index is 2.03. The molecule has 0 aliphatic carbocycles. The van der Waals surface area contributed by atoms with E-state index in [1.807, 2.05) is 0 Å². The first-order valence-electron chi connectivity index (χ1n) is 7.45. The zero-order valence-electron chi connectivity index (χ0n) is 13.9. The van der Waals surface area contributed by atoms with Crippen molar-refractivity contribution in [3.05, 3.63) is 68.3 Å². The number of thiazole rings is 1. The van der Waals surface area contributed by atoms with Gasteiger partial charge in [0.05, 0.1) is 0 Å². The molecule has 0 radical (unpaired) electrons. The van der Waals surface area contributed by atoms with Crippen LogP contribution in [-0.4, -0.2) is 32.3 Å². The Labute approximate surface area is 161 Å². The van der Waals surface area contributed by atoms with Crippen molar-refractivity contribution in [2.45, 2.75) is 0 Å². The molecule has 27 heavy (non-hydrogen) atoms. The highest BCUT2D eigenvalue weighted by atomic mass is 35.5. The van der Waals surface area contributed by atoms with Gasteiger partial charge < -0.3 is 0 Å². The molecule has 12 heteroatoms. The summed E-state index contributed by atoms with van der Waals surface area (Å²) in [5.41, 5.74) is 9.02. The molecule has 0 aromatic carbocycles. The normalized spacial score (nSPS) is 10.3. The van der Waals surface area contributed by atoms with Gasteiger partial charge in [0.2, 0.25) is 0 Å². The zero-order valence-corrected chi connectivity index (χ0v) is 15.4. The van der Waals surface area contributed by atoms with Crippen LogP contribution in [0.2, 0.25) is 5.15 Å². The van der Waals surface area contributed by atoms with Crippen molar-refractivity contribution in [2.75, 3.05) is 11.6 Å². The molecule has 1 amide bonds. The summed E-state index contributed by atoms with van der Waals surface area (Å²) in [4.78, 5) is 36.5. The number of hydrogen-bond donors (Lipinski definition) is 0. The molecule has 3 heterocycles. The van der Waals surface area contributed by atoms with Gasteiger partial charge in [-0.15, -0.1) is 0 Å². The number of nitrogens with zero attached hydrogens (tertiary/aromatic N) is 8. The standard InChI is InChI=1S/C15H11ClN8O2S/c1-23-11(25)5-4-10(21-23)14(26)24(8-19-22-17)15-12(16)20-13(27-15)9-3-2-6-18-7-9/h2-7H,8H2,1H3. The lowest BCUT2D eigenvalue weighted by Gasteiger charge is -2.18. The van der Waals surface area contributed by atoms with Crippen LogP contribution in [0.15, 0.2) is 46.6 Å². The molecular formula is C15H11ClN8O2S. The number of amides is 1. The molecule has 0 aliphatic rings. The van der Waals surface area contributed by atoms with Crippen LogP contribution >= 0.6 is 22.9 Å². The van der Waals surface area contributed by atoms with Gasteiger partial charge in [0.15, 0.2) is 5.15 Å². The third-order valence-electron chi connectivity index (χ3n) is 3.42. The fraction of sp³-hybridized carbons (Fsp3) is 0.133. The summed E-state index contributed by atoms with van der Waals surface area (Å²) in [6.45, 7) is -0.311. The van der Waals surface area contributed by atoms with Gasteiger partial charge in [-0.3, -0.25) is 19.5 Å². The summed E-state index contributed by atoms with van der Waals surface area (Å²) in [5.74, 6) is -0.582. The van der Waals surface area contributed by atoms with Gasteiger partial charge in [0, 0.05) is 36.0 Å². The Morgan fingerprint density at radius 1 is 1.44 bits per heavy atom. The molecular weight excluding hydrogens is 392 g/mol. The Morgan fingerprint density at radius 2 is 2.26 bits per heavy atom. The minimum absolute atomic E-state index is 0.00219. The molecule has 3 aromatic rings. The lowest BCUT2D eigenvalue weighted by atomic mass is 10.3. The van der Waals surface area contributed by atoms with Crippen molar-refractivity contribution in [1.29, 1.82) is 0 Å². The highest BCUT2D eigenvalue weighted by Gasteiger charge is 2.25. The quantitative estimate of drug-likeness (QED) is 0.368. The van der Waals surface area contributed by atoms with E-state index in [0.717, 1.165) is 26.5 Å². The largest absolute Gasteiger partial charge is 0.290 e. The molecule has 136 valence electrons. The molecule has 10 nitrogen and oxygen atoms in total. The Kier molecular flexibility index (Phi) is 5.46. The second-order valence-electron chi connectivity index (χ2n) is 5.14. The number of hydrogen-bond acceptors (Lipinski definition) is 7. The molecule has 0 saturated heterocycles. The summed E-state index contributed by atoms with van der Waals surface area (Å²) in [6.07, 6.45) is 3.25. The van der Waals surface area contributed by atoms with E-state index >= 15 is 0 Å². The van der Waals surface area contributed by atoms with Crippen molar-refractivity contribution in [3.63, 3.8) is 0 Å². The smallest absolute Gasteiger partial charge is 0.279 e. The Bertz CT molecular complexity index is 1090. The number of carbonyl (C=O) groups excluding carboxylic acids is 1. The summed E-state index contributed by atoms with van der Waals surface area (Å²) in [6, 6.07) is 6.08. The van der Waals surface area contributed by atoms with Crippen LogP contribution in [0.4, 0.5) is 5.00 Å². The van der Waals surface area contributed by atoms with Crippen molar-refractivity contribution < 1.29 is 4.79 Å². The van der Waals surface area contributed by atoms with E-state index in [2.05, 4.69) is 25.1 Å². The number of carbonyl (C=O) groups is 1. The number of rotatable bonds is 5. The molecule has 0 saturated carbocycles. The van der Waals surface area contributed by atoms with E-state index < -0.39 is 5.91 Å². The van der Waals surface area contributed by atoms with Gasteiger partial charge in [-0.2, -0.15) is 5.10 Å². The minimum atomic E-state index is -0.582. The number of anilines is 1. The van der Waals surface area contributed by atoms with E-state index in [-0.39, 0.29) is 23.1 Å². The maximum Gasteiger partial charge on any atom is 0.279 e. The lowest BCUT2D eigenvalue weighted by Crippen LogP contribution is -2.33. The van der Waals surface area contributed by atoms with Gasteiger partial charge >= 0.3 is 0 Å². The second kappa shape index (κ2) is 7.96. The van der Waals surface area contributed by atoms with Crippen LogP contribution in [0.25, 0.3) is 21.0 Å². The number of halogens is 1. The van der Waals surface area contributed by atoms with Gasteiger partial charge in [-0.05, 0) is 23.7 Å². The van der Waals surface area contributed by atoms with Crippen LogP contribution < -0.4 is 10.5 Å². The molecule has 3 rings (SSSR count). The predicted molar refractivity (Wildman–Crippen MR) is 101 cm³/mol. The fourth-order valence-electron chi connectivity index (χ4n) is 2.14. The molecule has 0 unspecified atom stereocenters. The van der Waals surface area contributed by atoms with Crippen molar-refractivity contribution in [3.8, 4) is 10.6 Å². The average Bonchev–Trinajstić information content (AvgIpc) is 3.06. The number of aryl methyl sites for hydroxylation is 1. The van der Waals surface area contributed by atoms with Crippen molar-refractivity contribution in [2.24, 2.45) is 12.2 Å². The van der Waals surface area contributed by atoms with Crippen LogP contribution in [0.1, 0.15) is 10.5 Å².